The number of esters is 1. The summed E-state index contributed by atoms with van der Waals surface area (Å²) < 4.78 is 4.80. The zero-order valence-corrected chi connectivity index (χ0v) is 12.4. The van der Waals surface area contributed by atoms with E-state index < -0.39 is 5.97 Å². The number of ether oxygens (including phenoxy) is 1. The Morgan fingerprint density at radius 2 is 2.00 bits per heavy atom. The summed E-state index contributed by atoms with van der Waals surface area (Å²) >= 11 is 0. The second kappa shape index (κ2) is 8.02. The summed E-state index contributed by atoms with van der Waals surface area (Å²) in [5.74, 6) is -0.129. The zero-order valence-electron chi connectivity index (χ0n) is 12.4. The Kier molecular flexibility index (Phi) is 5.76. The average Bonchev–Trinajstić information content (AvgIpc) is 2.93. The molecular formula is C15H18N4O3. The van der Waals surface area contributed by atoms with Crippen LogP contribution in [0.5, 0.6) is 0 Å². The maximum absolute atomic E-state index is 11.9. The molecule has 1 aromatic heterocycles. The lowest BCUT2D eigenvalue weighted by Gasteiger charge is -2.00. The first-order valence-electron chi connectivity index (χ1n) is 7.15. The predicted octanol–water partition coefficient (Wildman–Crippen LogP) is 0.981. The molecule has 0 atom stereocenters. The number of aromatic nitrogens is 4. The predicted molar refractivity (Wildman–Crippen MR) is 77.9 cm³/mol. The van der Waals surface area contributed by atoms with Gasteiger partial charge in [0.1, 0.15) is 13.0 Å². The molecule has 2 rings (SSSR count). The van der Waals surface area contributed by atoms with Crippen molar-refractivity contribution in [3.05, 3.63) is 41.7 Å². The normalized spacial score (nSPS) is 10.4. The van der Waals surface area contributed by atoms with E-state index in [4.69, 9.17) is 4.74 Å². The van der Waals surface area contributed by atoms with Gasteiger partial charge in [0.2, 0.25) is 0 Å². The third kappa shape index (κ3) is 5.08. The lowest BCUT2D eigenvalue weighted by molar-refractivity contribution is -0.142. The van der Waals surface area contributed by atoms with Gasteiger partial charge < -0.3 is 4.74 Å². The number of hydrogen-bond donors (Lipinski definition) is 0. The molecule has 0 N–H and O–H groups in total. The first-order valence-corrected chi connectivity index (χ1v) is 7.15. The SMILES string of the molecule is CCOC(=O)Cc1nnn(CC(=O)CCc2ccccc2)n1. The van der Waals surface area contributed by atoms with Gasteiger partial charge in [-0.2, -0.15) is 4.80 Å². The fourth-order valence-electron chi connectivity index (χ4n) is 1.92. The number of carbonyl (C=O) groups excluding carboxylic acids is 2. The molecule has 0 fully saturated rings. The standard InChI is InChI=1S/C15H18N4O3/c1-2-22-15(21)10-14-16-18-19(17-14)11-13(20)9-8-12-6-4-3-5-7-12/h3-7H,2,8-11H2,1H3. The molecule has 0 aliphatic heterocycles. The fourth-order valence-corrected chi connectivity index (χ4v) is 1.92. The highest BCUT2D eigenvalue weighted by atomic mass is 16.5. The molecule has 0 saturated carbocycles. The van der Waals surface area contributed by atoms with E-state index in [-0.39, 0.29) is 24.6 Å². The van der Waals surface area contributed by atoms with Crippen molar-refractivity contribution < 1.29 is 14.3 Å². The molecule has 0 radical (unpaired) electrons. The van der Waals surface area contributed by atoms with Gasteiger partial charge >= 0.3 is 5.97 Å². The van der Waals surface area contributed by atoms with Crippen molar-refractivity contribution in [1.29, 1.82) is 0 Å². The van der Waals surface area contributed by atoms with E-state index in [1.54, 1.807) is 6.92 Å². The topological polar surface area (TPSA) is 87.0 Å². The molecule has 0 aliphatic carbocycles. The van der Waals surface area contributed by atoms with Gasteiger partial charge in [-0.1, -0.05) is 30.3 Å². The van der Waals surface area contributed by atoms with Gasteiger partial charge in [0.05, 0.1) is 6.61 Å². The summed E-state index contributed by atoms with van der Waals surface area (Å²) in [5.41, 5.74) is 1.12. The van der Waals surface area contributed by atoms with Gasteiger partial charge in [-0.15, -0.1) is 10.2 Å². The molecule has 0 unspecified atom stereocenters. The van der Waals surface area contributed by atoms with Crippen molar-refractivity contribution in [1.82, 2.24) is 20.2 Å². The minimum atomic E-state index is -0.405. The Labute approximate surface area is 128 Å². The third-order valence-corrected chi connectivity index (χ3v) is 2.96. The van der Waals surface area contributed by atoms with E-state index >= 15 is 0 Å². The molecular weight excluding hydrogens is 284 g/mol. The number of carbonyl (C=O) groups is 2. The number of hydrogen-bond acceptors (Lipinski definition) is 6. The summed E-state index contributed by atoms with van der Waals surface area (Å²) in [4.78, 5) is 24.4. The van der Waals surface area contributed by atoms with Crippen molar-refractivity contribution in [2.75, 3.05) is 6.61 Å². The molecule has 0 saturated heterocycles. The van der Waals surface area contributed by atoms with Gasteiger partial charge in [0.15, 0.2) is 11.6 Å². The first-order chi connectivity index (χ1) is 10.7. The van der Waals surface area contributed by atoms with Gasteiger partial charge in [-0.25, -0.2) is 0 Å². The van der Waals surface area contributed by atoms with E-state index in [2.05, 4.69) is 15.4 Å². The monoisotopic (exact) mass is 302 g/mol. The van der Waals surface area contributed by atoms with E-state index in [9.17, 15) is 9.59 Å². The Balaban J connectivity index is 1.79. The highest BCUT2D eigenvalue weighted by Crippen LogP contribution is 2.03. The molecule has 22 heavy (non-hydrogen) atoms. The summed E-state index contributed by atoms with van der Waals surface area (Å²) in [6.45, 7) is 2.10. The van der Waals surface area contributed by atoms with Crippen LogP contribution >= 0.6 is 0 Å². The smallest absolute Gasteiger partial charge is 0.313 e. The number of benzene rings is 1. The summed E-state index contributed by atoms with van der Waals surface area (Å²) in [7, 11) is 0. The highest BCUT2D eigenvalue weighted by molar-refractivity contribution is 5.78. The number of nitrogens with zero attached hydrogens (tertiary/aromatic N) is 4. The van der Waals surface area contributed by atoms with Gasteiger partial charge in [0.25, 0.3) is 0 Å². The van der Waals surface area contributed by atoms with Crippen LogP contribution in [0.1, 0.15) is 24.7 Å². The molecule has 0 spiro atoms. The lowest BCUT2D eigenvalue weighted by atomic mass is 10.1. The minimum Gasteiger partial charge on any atom is -0.466 e. The largest absolute Gasteiger partial charge is 0.466 e. The molecule has 2 aromatic rings. The second-order valence-electron chi connectivity index (χ2n) is 4.74. The van der Waals surface area contributed by atoms with E-state index in [0.29, 0.717) is 19.4 Å². The third-order valence-electron chi connectivity index (χ3n) is 2.96. The van der Waals surface area contributed by atoms with Gasteiger partial charge in [-0.05, 0) is 24.1 Å². The number of Topliss-reactive ketones (excluding diaryl/α,β-unsaturated/α-hetero) is 1. The molecule has 7 heteroatoms. The summed E-state index contributed by atoms with van der Waals surface area (Å²) in [5, 5.41) is 11.5. The Morgan fingerprint density at radius 1 is 1.23 bits per heavy atom. The van der Waals surface area contributed by atoms with Crippen LogP contribution in [0.4, 0.5) is 0 Å². The number of rotatable bonds is 8. The van der Waals surface area contributed by atoms with Crippen molar-refractivity contribution in [2.24, 2.45) is 0 Å². The second-order valence-corrected chi connectivity index (χ2v) is 4.74. The van der Waals surface area contributed by atoms with Crippen LogP contribution in [0.15, 0.2) is 30.3 Å². The van der Waals surface area contributed by atoms with Crippen LogP contribution in [0.2, 0.25) is 0 Å². The van der Waals surface area contributed by atoms with E-state index in [1.807, 2.05) is 30.3 Å². The average molecular weight is 302 g/mol. The maximum atomic E-state index is 11.9. The highest BCUT2D eigenvalue weighted by Gasteiger charge is 2.11. The molecule has 116 valence electrons. The first kappa shape index (κ1) is 15.8. The maximum Gasteiger partial charge on any atom is 0.313 e. The minimum absolute atomic E-state index is 0.0175. The van der Waals surface area contributed by atoms with Gasteiger partial charge in [0, 0.05) is 6.42 Å². The van der Waals surface area contributed by atoms with Crippen LogP contribution in [0, 0.1) is 0 Å². The lowest BCUT2D eigenvalue weighted by Crippen LogP contribution is -2.14. The summed E-state index contributed by atoms with van der Waals surface area (Å²) in [6.07, 6.45) is 1.06. The Hall–Kier alpha value is -2.57. The van der Waals surface area contributed by atoms with Crippen molar-refractivity contribution in [2.45, 2.75) is 32.7 Å². The van der Waals surface area contributed by atoms with Crippen LogP contribution in [-0.4, -0.2) is 38.6 Å². The molecule has 0 amide bonds. The number of ketones is 1. The van der Waals surface area contributed by atoms with E-state index in [0.717, 1.165) is 5.56 Å². The van der Waals surface area contributed by atoms with Gasteiger partial charge in [-0.3, -0.25) is 9.59 Å². The number of tetrazole rings is 1. The van der Waals surface area contributed by atoms with Crippen LogP contribution in [-0.2, 0) is 33.7 Å². The summed E-state index contributed by atoms with van der Waals surface area (Å²) in [6, 6.07) is 9.80. The quantitative estimate of drug-likeness (QED) is 0.676. The van der Waals surface area contributed by atoms with Crippen LogP contribution in [0.3, 0.4) is 0 Å². The van der Waals surface area contributed by atoms with Crippen LogP contribution < -0.4 is 0 Å². The number of aryl methyl sites for hydroxylation is 1. The fraction of sp³-hybridized carbons (Fsp3) is 0.400. The van der Waals surface area contributed by atoms with Crippen molar-refractivity contribution in [3.63, 3.8) is 0 Å². The van der Waals surface area contributed by atoms with Crippen molar-refractivity contribution in [3.8, 4) is 0 Å². The molecule has 0 bridgehead atoms. The Bertz CT molecular complexity index is 625. The molecule has 7 nitrogen and oxygen atoms in total. The van der Waals surface area contributed by atoms with Crippen LogP contribution in [0.25, 0.3) is 0 Å². The van der Waals surface area contributed by atoms with Crippen molar-refractivity contribution >= 4 is 11.8 Å². The molecule has 1 aromatic carbocycles. The van der Waals surface area contributed by atoms with E-state index in [1.165, 1.54) is 4.80 Å². The zero-order chi connectivity index (χ0) is 15.8. The molecule has 1 heterocycles. The molecule has 0 aliphatic rings. The Morgan fingerprint density at radius 3 is 2.73 bits per heavy atom.